The fraction of sp³-hybridized carbons (Fsp3) is 0.385. The monoisotopic (exact) mass is 266 g/mol. The van der Waals surface area contributed by atoms with E-state index in [1.807, 2.05) is 19.1 Å². The number of hydrogen-bond acceptors (Lipinski definition) is 3. The van der Waals surface area contributed by atoms with Crippen LogP contribution in [0.2, 0.25) is 0 Å². The minimum atomic E-state index is -1.00. The molecule has 0 radical (unpaired) electrons. The van der Waals surface area contributed by atoms with E-state index in [2.05, 4.69) is 10.6 Å². The molecule has 0 spiro atoms. The van der Waals surface area contributed by atoms with Gasteiger partial charge in [0.2, 0.25) is 0 Å². The van der Waals surface area contributed by atoms with Crippen molar-refractivity contribution >= 4 is 17.7 Å². The molecule has 6 heteroatoms. The summed E-state index contributed by atoms with van der Waals surface area (Å²) in [5.41, 5.74) is 1.75. The largest absolute Gasteiger partial charge is 0.481 e. The van der Waals surface area contributed by atoms with Crippen molar-refractivity contribution in [1.82, 2.24) is 5.32 Å². The maximum atomic E-state index is 11.6. The number of carbonyl (C=O) groups is 2. The van der Waals surface area contributed by atoms with Gasteiger partial charge in [-0.05, 0) is 19.1 Å². The number of benzene rings is 1. The Labute approximate surface area is 111 Å². The minimum Gasteiger partial charge on any atom is -0.481 e. The summed E-state index contributed by atoms with van der Waals surface area (Å²) < 4.78 is 0. The molecule has 1 aromatic rings. The van der Waals surface area contributed by atoms with E-state index in [1.165, 1.54) is 0 Å². The van der Waals surface area contributed by atoms with Crippen molar-refractivity contribution in [3.8, 4) is 0 Å². The third kappa shape index (κ3) is 5.87. The van der Waals surface area contributed by atoms with Crippen LogP contribution in [0, 0.1) is 12.8 Å². The first-order valence-electron chi connectivity index (χ1n) is 5.95. The van der Waals surface area contributed by atoms with Crippen molar-refractivity contribution in [2.45, 2.75) is 13.3 Å². The Kier molecular flexibility index (Phi) is 5.81. The normalized spacial score (nSPS) is 11.7. The molecule has 2 amide bonds. The number of urea groups is 1. The summed E-state index contributed by atoms with van der Waals surface area (Å²) in [7, 11) is 0. The van der Waals surface area contributed by atoms with Gasteiger partial charge in [-0.2, -0.15) is 0 Å². The lowest BCUT2D eigenvalue weighted by atomic mass is 10.1. The van der Waals surface area contributed by atoms with Gasteiger partial charge in [-0.1, -0.05) is 17.7 Å². The number of aliphatic hydroxyl groups is 1. The number of rotatable bonds is 6. The summed E-state index contributed by atoms with van der Waals surface area (Å²) in [6.07, 6.45) is -0.179. The number of aliphatic carboxylic acids is 1. The van der Waals surface area contributed by atoms with Crippen molar-refractivity contribution in [2.75, 3.05) is 18.5 Å². The topological polar surface area (TPSA) is 98.7 Å². The predicted octanol–water partition coefficient (Wildman–Crippen LogP) is 1.20. The second kappa shape index (κ2) is 7.38. The van der Waals surface area contributed by atoms with Gasteiger partial charge in [0.05, 0.1) is 6.42 Å². The molecule has 0 aromatic heterocycles. The number of carboxylic acid groups (broad SMARTS) is 1. The molecular formula is C13H18N2O4. The Morgan fingerprint density at radius 1 is 1.26 bits per heavy atom. The summed E-state index contributed by atoms with van der Waals surface area (Å²) in [4.78, 5) is 22.0. The number of anilines is 1. The van der Waals surface area contributed by atoms with E-state index in [9.17, 15) is 9.59 Å². The Morgan fingerprint density at radius 2 is 1.89 bits per heavy atom. The molecule has 0 aliphatic rings. The van der Waals surface area contributed by atoms with Crippen LogP contribution in [0.1, 0.15) is 12.0 Å². The van der Waals surface area contributed by atoms with Gasteiger partial charge in [0.1, 0.15) is 0 Å². The van der Waals surface area contributed by atoms with Crippen LogP contribution >= 0.6 is 0 Å². The standard InChI is InChI=1S/C13H18N2O4/c1-9-2-4-11(5-3-9)15-13(19)14-7-10(8-16)6-12(17)18/h2-5,10,16H,6-8H2,1H3,(H,17,18)(H2,14,15,19). The molecule has 1 rings (SSSR count). The van der Waals surface area contributed by atoms with Gasteiger partial charge in [0.15, 0.2) is 0 Å². The molecule has 0 heterocycles. The van der Waals surface area contributed by atoms with Crippen LogP contribution in [0.25, 0.3) is 0 Å². The molecule has 4 N–H and O–H groups in total. The first-order chi connectivity index (χ1) is 9.01. The number of carbonyl (C=O) groups excluding carboxylic acids is 1. The molecule has 6 nitrogen and oxygen atoms in total. The minimum absolute atomic E-state index is 0.112. The summed E-state index contributed by atoms with van der Waals surface area (Å²) in [5.74, 6) is -1.49. The Morgan fingerprint density at radius 3 is 2.42 bits per heavy atom. The molecule has 1 unspecified atom stereocenters. The first-order valence-corrected chi connectivity index (χ1v) is 5.95. The molecule has 0 bridgehead atoms. The summed E-state index contributed by atoms with van der Waals surface area (Å²) >= 11 is 0. The third-order valence-corrected chi connectivity index (χ3v) is 2.58. The highest BCUT2D eigenvalue weighted by Crippen LogP contribution is 2.08. The molecule has 0 aliphatic heterocycles. The molecular weight excluding hydrogens is 248 g/mol. The number of amides is 2. The number of carboxylic acids is 1. The molecule has 0 saturated heterocycles. The van der Waals surface area contributed by atoms with Crippen molar-refractivity contribution in [3.63, 3.8) is 0 Å². The van der Waals surface area contributed by atoms with Gasteiger partial charge >= 0.3 is 12.0 Å². The second-order valence-corrected chi connectivity index (χ2v) is 4.35. The fourth-order valence-corrected chi connectivity index (χ4v) is 1.50. The number of aliphatic hydroxyl groups excluding tert-OH is 1. The SMILES string of the molecule is Cc1ccc(NC(=O)NCC(CO)CC(=O)O)cc1. The lowest BCUT2D eigenvalue weighted by Gasteiger charge is -2.13. The third-order valence-electron chi connectivity index (χ3n) is 2.58. The highest BCUT2D eigenvalue weighted by Gasteiger charge is 2.13. The zero-order chi connectivity index (χ0) is 14.3. The maximum Gasteiger partial charge on any atom is 0.319 e. The predicted molar refractivity (Wildman–Crippen MR) is 71.0 cm³/mol. The van der Waals surface area contributed by atoms with Crippen molar-refractivity contribution in [3.05, 3.63) is 29.8 Å². The number of aryl methyl sites for hydroxylation is 1. The molecule has 19 heavy (non-hydrogen) atoms. The van der Waals surface area contributed by atoms with Crippen molar-refractivity contribution < 1.29 is 19.8 Å². The van der Waals surface area contributed by atoms with E-state index in [4.69, 9.17) is 10.2 Å². The molecule has 0 saturated carbocycles. The highest BCUT2D eigenvalue weighted by molar-refractivity contribution is 5.89. The second-order valence-electron chi connectivity index (χ2n) is 4.35. The van der Waals surface area contributed by atoms with Gasteiger partial charge in [0, 0.05) is 24.8 Å². The fourth-order valence-electron chi connectivity index (χ4n) is 1.50. The van der Waals surface area contributed by atoms with Crippen molar-refractivity contribution in [1.29, 1.82) is 0 Å². The average molecular weight is 266 g/mol. The van der Waals surface area contributed by atoms with Gasteiger partial charge in [-0.25, -0.2) is 4.79 Å². The molecule has 1 aromatic carbocycles. The van der Waals surface area contributed by atoms with Crippen molar-refractivity contribution in [2.24, 2.45) is 5.92 Å². The van der Waals surface area contributed by atoms with E-state index < -0.39 is 17.9 Å². The smallest absolute Gasteiger partial charge is 0.319 e. The van der Waals surface area contributed by atoms with E-state index >= 15 is 0 Å². The Bertz CT molecular complexity index is 431. The van der Waals surface area contributed by atoms with Crippen LogP contribution in [-0.2, 0) is 4.79 Å². The van der Waals surface area contributed by atoms with Crippen LogP contribution in [0.5, 0.6) is 0 Å². The van der Waals surface area contributed by atoms with Crippen LogP contribution in [0.4, 0.5) is 10.5 Å². The summed E-state index contributed by atoms with van der Waals surface area (Å²) in [5, 5.41) is 22.7. The lowest BCUT2D eigenvalue weighted by Crippen LogP contribution is -2.35. The van der Waals surface area contributed by atoms with Crippen LogP contribution in [0.3, 0.4) is 0 Å². The van der Waals surface area contributed by atoms with Gasteiger partial charge in [-0.3, -0.25) is 4.79 Å². The lowest BCUT2D eigenvalue weighted by molar-refractivity contribution is -0.138. The first kappa shape index (κ1) is 15.0. The van der Waals surface area contributed by atoms with Crippen LogP contribution in [0.15, 0.2) is 24.3 Å². The summed E-state index contributed by atoms with van der Waals surface area (Å²) in [6, 6.07) is 6.87. The van der Waals surface area contributed by atoms with Crippen LogP contribution in [-0.4, -0.2) is 35.4 Å². The Hall–Kier alpha value is -2.08. The molecule has 1 atom stereocenters. The summed E-state index contributed by atoms with van der Waals surface area (Å²) in [6.45, 7) is 1.78. The van der Waals surface area contributed by atoms with E-state index in [0.29, 0.717) is 5.69 Å². The zero-order valence-corrected chi connectivity index (χ0v) is 10.7. The Balaban J connectivity index is 2.38. The molecule has 0 aliphatic carbocycles. The average Bonchev–Trinajstić information content (AvgIpc) is 2.37. The zero-order valence-electron chi connectivity index (χ0n) is 10.7. The van der Waals surface area contributed by atoms with Crippen LogP contribution < -0.4 is 10.6 Å². The quantitative estimate of drug-likeness (QED) is 0.621. The van der Waals surface area contributed by atoms with Gasteiger partial charge in [0.25, 0.3) is 0 Å². The molecule has 0 fully saturated rings. The number of nitrogens with one attached hydrogen (secondary N) is 2. The van der Waals surface area contributed by atoms with E-state index in [-0.39, 0.29) is 19.6 Å². The highest BCUT2D eigenvalue weighted by atomic mass is 16.4. The molecule has 104 valence electrons. The van der Waals surface area contributed by atoms with E-state index in [1.54, 1.807) is 12.1 Å². The van der Waals surface area contributed by atoms with Gasteiger partial charge < -0.3 is 20.8 Å². The maximum absolute atomic E-state index is 11.6. The van der Waals surface area contributed by atoms with Gasteiger partial charge in [-0.15, -0.1) is 0 Å². The number of hydrogen-bond donors (Lipinski definition) is 4. The van der Waals surface area contributed by atoms with E-state index in [0.717, 1.165) is 5.56 Å².